The van der Waals surface area contributed by atoms with E-state index in [0.717, 1.165) is 30.8 Å². The third-order valence-corrected chi connectivity index (χ3v) is 6.48. The lowest BCUT2D eigenvalue weighted by Crippen LogP contribution is -2.45. The van der Waals surface area contributed by atoms with Crippen molar-refractivity contribution in [3.05, 3.63) is 35.9 Å². The summed E-state index contributed by atoms with van der Waals surface area (Å²) in [6.45, 7) is 1.49. The van der Waals surface area contributed by atoms with Gasteiger partial charge in [0.05, 0.1) is 12.2 Å². The highest BCUT2D eigenvalue weighted by Crippen LogP contribution is 2.19. The van der Waals surface area contributed by atoms with Crippen LogP contribution in [-0.2, 0) is 20.6 Å². The first-order valence-corrected chi connectivity index (χ1v) is 11.3. The summed E-state index contributed by atoms with van der Waals surface area (Å²) in [6.07, 6.45) is 3.64. The molecule has 0 aromatic heterocycles. The number of nitrogens with one attached hydrogen (secondary N) is 1. The van der Waals surface area contributed by atoms with E-state index in [1.807, 2.05) is 30.0 Å². The van der Waals surface area contributed by atoms with Crippen LogP contribution in [0.25, 0.3) is 0 Å². The minimum absolute atomic E-state index is 0.0172. The molecule has 1 saturated heterocycles. The van der Waals surface area contributed by atoms with Crippen molar-refractivity contribution in [3.63, 3.8) is 0 Å². The molecule has 1 amide bonds. The molecule has 1 heterocycles. The standard InChI is InChI=1S/C17H26N2O3S2/c1-24(21,22)19-11-5-9-16(13-19)17(20)18-10-6-12-23-14-15-7-3-2-4-8-15/h2-4,7-8,16H,5-6,9-14H2,1H3,(H,18,20). The maximum Gasteiger partial charge on any atom is 0.224 e. The number of thioether (sulfide) groups is 1. The maximum absolute atomic E-state index is 12.2. The number of hydrogen-bond acceptors (Lipinski definition) is 4. The van der Waals surface area contributed by atoms with E-state index in [4.69, 9.17) is 0 Å². The fourth-order valence-corrected chi connectivity index (χ4v) is 4.58. The third kappa shape index (κ3) is 6.45. The average Bonchev–Trinajstić information content (AvgIpc) is 2.58. The Morgan fingerprint density at radius 1 is 1.33 bits per heavy atom. The van der Waals surface area contributed by atoms with Crippen molar-refractivity contribution in [2.75, 3.05) is 31.6 Å². The number of nitrogens with zero attached hydrogens (tertiary/aromatic N) is 1. The van der Waals surface area contributed by atoms with Gasteiger partial charge in [-0.05, 0) is 30.6 Å². The van der Waals surface area contributed by atoms with Gasteiger partial charge in [-0.1, -0.05) is 30.3 Å². The van der Waals surface area contributed by atoms with Gasteiger partial charge in [0.1, 0.15) is 0 Å². The molecule has 1 aromatic rings. The lowest BCUT2D eigenvalue weighted by atomic mass is 9.99. The molecule has 24 heavy (non-hydrogen) atoms. The summed E-state index contributed by atoms with van der Waals surface area (Å²) >= 11 is 1.86. The predicted octanol–water partition coefficient (Wildman–Crippen LogP) is 2.10. The zero-order valence-corrected chi connectivity index (χ0v) is 15.7. The molecule has 2 rings (SSSR count). The summed E-state index contributed by atoms with van der Waals surface area (Å²) < 4.78 is 24.6. The van der Waals surface area contributed by atoms with Crippen molar-refractivity contribution in [3.8, 4) is 0 Å². The number of carbonyl (C=O) groups excluding carboxylic acids is 1. The first-order valence-electron chi connectivity index (χ1n) is 8.31. The minimum Gasteiger partial charge on any atom is -0.356 e. The SMILES string of the molecule is CS(=O)(=O)N1CCCC(C(=O)NCCCSCc2ccccc2)C1. The summed E-state index contributed by atoms with van der Waals surface area (Å²) in [4.78, 5) is 12.2. The zero-order valence-electron chi connectivity index (χ0n) is 14.1. The van der Waals surface area contributed by atoms with Crippen molar-refractivity contribution in [2.24, 2.45) is 5.92 Å². The lowest BCUT2D eigenvalue weighted by molar-refractivity contribution is -0.126. The van der Waals surface area contributed by atoms with Crippen molar-refractivity contribution in [1.29, 1.82) is 0 Å². The van der Waals surface area contributed by atoms with Crippen LogP contribution in [0.4, 0.5) is 0 Å². The third-order valence-electron chi connectivity index (χ3n) is 4.10. The van der Waals surface area contributed by atoms with Crippen molar-refractivity contribution < 1.29 is 13.2 Å². The topological polar surface area (TPSA) is 66.5 Å². The maximum atomic E-state index is 12.2. The van der Waals surface area contributed by atoms with Crippen molar-refractivity contribution in [1.82, 2.24) is 9.62 Å². The summed E-state index contributed by atoms with van der Waals surface area (Å²) in [5.41, 5.74) is 1.31. The molecule has 0 radical (unpaired) electrons. The Labute approximate surface area is 149 Å². The Hall–Kier alpha value is -1.05. The van der Waals surface area contributed by atoms with E-state index in [-0.39, 0.29) is 11.8 Å². The molecule has 1 atom stereocenters. The van der Waals surface area contributed by atoms with Gasteiger partial charge in [-0.15, -0.1) is 0 Å². The van der Waals surface area contributed by atoms with Crippen LogP contribution in [0.15, 0.2) is 30.3 Å². The van der Waals surface area contributed by atoms with Crippen molar-refractivity contribution in [2.45, 2.75) is 25.0 Å². The fraction of sp³-hybridized carbons (Fsp3) is 0.588. The summed E-state index contributed by atoms with van der Waals surface area (Å²) in [7, 11) is -3.20. The van der Waals surface area contributed by atoms with E-state index in [0.29, 0.717) is 19.6 Å². The molecule has 134 valence electrons. The van der Waals surface area contributed by atoms with Gasteiger partial charge in [-0.2, -0.15) is 11.8 Å². The first-order chi connectivity index (χ1) is 11.5. The quantitative estimate of drug-likeness (QED) is 0.712. The van der Waals surface area contributed by atoms with Crippen LogP contribution in [0.2, 0.25) is 0 Å². The van der Waals surface area contributed by atoms with Gasteiger partial charge in [0.15, 0.2) is 0 Å². The smallest absolute Gasteiger partial charge is 0.224 e. The van der Waals surface area contributed by atoms with E-state index in [2.05, 4.69) is 17.4 Å². The number of rotatable bonds is 8. The van der Waals surface area contributed by atoms with Crippen LogP contribution in [0.5, 0.6) is 0 Å². The highest BCUT2D eigenvalue weighted by Gasteiger charge is 2.29. The molecular weight excluding hydrogens is 344 g/mol. The van der Waals surface area contributed by atoms with Crippen molar-refractivity contribution >= 4 is 27.7 Å². The molecule has 7 heteroatoms. The van der Waals surface area contributed by atoms with Gasteiger partial charge in [0.2, 0.25) is 15.9 Å². The Morgan fingerprint density at radius 3 is 2.79 bits per heavy atom. The fourth-order valence-electron chi connectivity index (χ4n) is 2.75. The summed E-state index contributed by atoms with van der Waals surface area (Å²) in [5.74, 6) is 1.75. The van der Waals surface area contributed by atoms with E-state index < -0.39 is 10.0 Å². The zero-order chi connectivity index (χ0) is 17.4. The number of benzene rings is 1. The van der Waals surface area contributed by atoms with Gasteiger partial charge in [0.25, 0.3) is 0 Å². The highest BCUT2D eigenvalue weighted by molar-refractivity contribution is 7.98. The Balaban J connectivity index is 1.61. The molecule has 0 aliphatic carbocycles. The normalized spacial score (nSPS) is 19.1. The number of carbonyl (C=O) groups is 1. The van der Waals surface area contributed by atoms with E-state index >= 15 is 0 Å². The van der Waals surface area contributed by atoms with Gasteiger partial charge < -0.3 is 5.32 Å². The van der Waals surface area contributed by atoms with Crippen LogP contribution in [0, 0.1) is 5.92 Å². The molecule has 1 unspecified atom stereocenters. The number of hydrogen-bond donors (Lipinski definition) is 1. The molecule has 5 nitrogen and oxygen atoms in total. The van der Waals surface area contributed by atoms with Gasteiger partial charge in [-0.25, -0.2) is 12.7 Å². The largest absolute Gasteiger partial charge is 0.356 e. The van der Waals surface area contributed by atoms with E-state index in [1.165, 1.54) is 16.1 Å². The average molecular weight is 371 g/mol. The summed E-state index contributed by atoms with van der Waals surface area (Å²) in [6, 6.07) is 10.3. The van der Waals surface area contributed by atoms with Gasteiger partial charge in [-0.3, -0.25) is 4.79 Å². The Kier molecular flexibility index (Phi) is 7.58. The molecular formula is C17H26N2O3S2. The molecule has 0 bridgehead atoms. The number of amides is 1. The molecule has 1 aliphatic heterocycles. The van der Waals surface area contributed by atoms with Gasteiger partial charge >= 0.3 is 0 Å². The second-order valence-electron chi connectivity index (χ2n) is 6.14. The van der Waals surface area contributed by atoms with Crippen LogP contribution in [-0.4, -0.2) is 50.3 Å². The van der Waals surface area contributed by atoms with E-state index in [1.54, 1.807) is 0 Å². The molecule has 0 spiro atoms. The second-order valence-corrected chi connectivity index (χ2v) is 9.23. The second kappa shape index (κ2) is 9.44. The predicted molar refractivity (Wildman–Crippen MR) is 99.4 cm³/mol. The first kappa shape index (κ1) is 19.3. The molecule has 1 fully saturated rings. The molecule has 1 N–H and O–H groups in total. The van der Waals surface area contributed by atoms with Crippen LogP contribution < -0.4 is 5.32 Å². The molecule has 0 saturated carbocycles. The molecule has 1 aromatic carbocycles. The van der Waals surface area contributed by atoms with Gasteiger partial charge in [0, 0.05) is 25.4 Å². The Morgan fingerprint density at radius 2 is 2.08 bits per heavy atom. The lowest BCUT2D eigenvalue weighted by Gasteiger charge is -2.30. The highest BCUT2D eigenvalue weighted by atomic mass is 32.2. The molecule has 1 aliphatic rings. The van der Waals surface area contributed by atoms with E-state index in [9.17, 15) is 13.2 Å². The van der Waals surface area contributed by atoms with Crippen LogP contribution in [0.1, 0.15) is 24.8 Å². The Bertz CT molecular complexity index is 620. The van der Waals surface area contributed by atoms with Crippen LogP contribution in [0.3, 0.4) is 0 Å². The summed E-state index contributed by atoms with van der Waals surface area (Å²) in [5, 5.41) is 2.95. The monoisotopic (exact) mass is 370 g/mol. The number of piperidine rings is 1. The minimum atomic E-state index is -3.20. The van der Waals surface area contributed by atoms with Crippen LogP contribution >= 0.6 is 11.8 Å². The number of sulfonamides is 1.